The molecule has 3 aromatic rings. The van der Waals surface area contributed by atoms with Gasteiger partial charge in [-0.1, -0.05) is 23.7 Å². The normalized spacial score (nSPS) is 20.9. The number of hydrogen-bond acceptors (Lipinski definition) is 4. The van der Waals surface area contributed by atoms with Crippen LogP contribution in [0.4, 0.5) is 4.39 Å². The van der Waals surface area contributed by atoms with Gasteiger partial charge < -0.3 is 14.8 Å². The van der Waals surface area contributed by atoms with Crippen LogP contribution in [-0.2, 0) is 22.7 Å². The third-order valence-electron chi connectivity index (χ3n) is 6.77. The molecule has 1 aliphatic carbocycles. The lowest BCUT2D eigenvalue weighted by molar-refractivity contribution is -0.140. The second-order valence-electron chi connectivity index (χ2n) is 9.12. The van der Waals surface area contributed by atoms with Gasteiger partial charge in [0.05, 0.1) is 16.7 Å². The second-order valence-corrected chi connectivity index (χ2v) is 9.52. The summed E-state index contributed by atoms with van der Waals surface area (Å²) >= 11 is 5.83. The molecule has 0 unspecified atom stereocenters. The Bertz CT molecular complexity index is 1340. The predicted octanol–water partition coefficient (Wildman–Crippen LogP) is 3.65. The van der Waals surface area contributed by atoms with Crippen molar-refractivity contribution >= 4 is 40.1 Å². The van der Waals surface area contributed by atoms with Crippen LogP contribution < -0.4 is 5.32 Å². The first-order chi connectivity index (χ1) is 16.2. The Morgan fingerprint density at radius 3 is 2.82 bits per heavy atom. The number of hydrogen-bond donors (Lipinski definition) is 1. The maximum absolute atomic E-state index is 14.2. The van der Waals surface area contributed by atoms with E-state index in [1.54, 1.807) is 34.0 Å². The van der Waals surface area contributed by atoms with E-state index in [1.807, 2.05) is 13.0 Å². The van der Waals surface area contributed by atoms with Crippen molar-refractivity contribution in [3.63, 3.8) is 0 Å². The summed E-state index contributed by atoms with van der Waals surface area (Å²) in [6.07, 6.45) is 4.82. The smallest absolute Gasteiger partial charge is 0.243 e. The summed E-state index contributed by atoms with van der Waals surface area (Å²) in [5, 5.41) is 3.52. The minimum atomic E-state index is -0.604. The number of carbonyl (C=O) groups excluding carboxylic acids is 3. The number of benzene rings is 1. The lowest BCUT2D eigenvalue weighted by Crippen LogP contribution is -2.48. The molecule has 2 aliphatic rings. The number of aromatic nitrogens is 2. The Morgan fingerprint density at radius 1 is 1.26 bits per heavy atom. The molecule has 3 heterocycles. The van der Waals surface area contributed by atoms with Gasteiger partial charge in [0.2, 0.25) is 11.8 Å². The summed E-state index contributed by atoms with van der Waals surface area (Å²) in [6.45, 7) is 3.34. The van der Waals surface area contributed by atoms with Gasteiger partial charge in [0.25, 0.3) is 0 Å². The van der Waals surface area contributed by atoms with Crippen LogP contribution in [0.3, 0.4) is 0 Å². The molecule has 0 spiro atoms. The van der Waals surface area contributed by atoms with Gasteiger partial charge in [-0.15, -0.1) is 0 Å². The van der Waals surface area contributed by atoms with E-state index in [2.05, 4.69) is 10.3 Å². The third-order valence-corrected chi connectivity index (χ3v) is 7.06. The van der Waals surface area contributed by atoms with Crippen molar-refractivity contribution in [1.82, 2.24) is 19.8 Å². The SMILES string of the molecule is CC(=O)c1cn(CC(=O)N2[C@@H]3C[C@@H]3C[C@H]2C(=O)NCc2cccc(Cl)c2F)c2cnc(C)cc12. The highest BCUT2D eigenvalue weighted by Gasteiger charge is 2.55. The maximum Gasteiger partial charge on any atom is 0.243 e. The lowest BCUT2D eigenvalue weighted by atomic mass is 10.1. The van der Waals surface area contributed by atoms with Crippen LogP contribution in [0, 0.1) is 18.7 Å². The number of ketones is 1. The average Bonchev–Trinajstić information content (AvgIpc) is 3.31. The van der Waals surface area contributed by atoms with Crippen LogP contribution in [0.2, 0.25) is 5.02 Å². The number of halogens is 2. The van der Waals surface area contributed by atoms with Gasteiger partial charge in [-0.25, -0.2) is 4.39 Å². The zero-order valence-corrected chi connectivity index (χ0v) is 19.6. The number of pyridine rings is 1. The van der Waals surface area contributed by atoms with Gasteiger partial charge in [0.1, 0.15) is 18.4 Å². The van der Waals surface area contributed by atoms with E-state index in [-0.39, 0.29) is 41.8 Å². The number of rotatable bonds is 6. The number of Topliss-reactive ketones (excluding diaryl/α,β-unsaturated/α-hetero) is 1. The minimum absolute atomic E-state index is 0.000716. The molecule has 1 N–H and O–H groups in total. The number of amides is 2. The largest absolute Gasteiger partial charge is 0.350 e. The molecule has 2 aromatic heterocycles. The van der Waals surface area contributed by atoms with Crippen LogP contribution >= 0.6 is 11.6 Å². The van der Waals surface area contributed by atoms with Gasteiger partial charge in [-0.3, -0.25) is 19.4 Å². The summed E-state index contributed by atoms with van der Waals surface area (Å²) in [5.74, 6) is -0.834. The van der Waals surface area contributed by atoms with E-state index in [4.69, 9.17) is 11.6 Å². The molecule has 1 saturated carbocycles. The van der Waals surface area contributed by atoms with Gasteiger partial charge in [-0.05, 0) is 44.7 Å². The zero-order valence-electron chi connectivity index (χ0n) is 18.8. The van der Waals surface area contributed by atoms with E-state index in [9.17, 15) is 18.8 Å². The molecular formula is C25H24ClFN4O3. The molecule has 9 heteroatoms. The molecule has 176 valence electrons. The van der Waals surface area contributed by atoms with Crippen molar-refractivity contribution in [3.8, 4) is 0 Å². The third kappa shape index (κ3) is 3.96. The Kier molecular flexibility index (Phi) is 5.64. The van der Waals surface area contributed by atoms with Crippen LogP contribution in [0.5, 0.6) is 0 Å². The molecule has 5 rings (SSSR count). The molecule has 2 fully saturated rings. The molecule has 34 heavy (non-hydrogen) atoms. The molecule has 0 bridgehead atoms. The molecule has 1 aliphatic heterocycles. The fourth-order valence-corrected chi connectivity index (χ4v) is 5.16. The highest BCUT2D eigenvalue weighted by molar-refractivity contribution is 6.30. The molecule has 0 radical (unpaired) electrons. The fourth-order valence-electron chi connectivity index (χ4n) is 4.97. The van der Waals surface area contributed by atoms with Crippen molar-refractivity contribution in [3.05, 3.63) is 64.3 Å². The molecule has 1 saturated heterocycles. The van der Waals surface area contributed by atoms with Crippen molar-refractivity contribution in [2.24, 2.45) is 5.92 Å². The monoisotopic (exact) mass is 482 g/mol. The molecular weight excluding hydrogens is 459 g/mol. The predicted molar refractivity (Wildman–Crippen MR) is 125 cm³/mol. The topological polar surface area (TPSA) is 84.3 Å². The van der Waals surface area contributed by atoms with Gasteiger partial charge in [0.15, 0.2) is 5.78 Å². The minimum Gasteiger partial charge on any atom is -0.350 e. The number of likely N-dealkylation sites (tertiary alicyclic amines) is 1. The number of piperidine rings is 1. The maximum atomic E-state index is 14.2. The quantitative estimate of drug-likeness (QED) is 0.543. The van der Waals surface area contributed by atoms with Gasteiger partial charge in [0, 0.05) is 41.0 Å². The first-order valence-corrected chi connectivity index (χ1v) is 11.6. The molecule has 1 aromatic carbocycles. The lowest BCUT2D eigenvalue weighted by Gasteiger charge is -2.27. The van der Waals surface area contributed by atoms with Crippen LogP contribution in [0.25, 0.3) is 10.9 Å². The van der Waals surface area contributed by atoms with E-state index in [1.165, 1.54) is 13.0 Å². The summed E-state index contributed by atoms with van der Waals surface area (Å²) < 4.78 is 15.9. The Labute approximate surface area is 200 Å². The average molecular weight is 483 g/mol. The highest BCUT2D eigenvalue weighted by Crippen LogP contribution is 2.48. The van der Waals surface area contributed by atoms with E-state index in [0.717, 1.165) is 17.5 Å². The number of aryl methyl sites for hydroxylation is 1. The van der Waals surface area contributed by atoms with Crippen LogP contribution in [-0.4, -0.2) is 44.1 Å². The summed E-state index contributed by atoms with van der Waals surface area (Å²) in [4.78, 5) is 44.5. The Balaban J connectivity index is 1.34. The summed E-state index contributed by atoms with van der Waals surface area (Å²) in [7, 11) is 0. The number of fused-ring (bicyclic) bond motifs is 2. The first kappa shape index (κ1) is 22.5. The Morgan fingerprint density at radius 2 is 2.06 bits per heavy atom. The first-order valence-electron chi connectivity index (χ1n) is 11.2. The van der Waals surface area contributed by atoms with Crippen molar-refractivity contribution in [2.75, 3.05) is 0 Å². The van der Waals surface area contributed by atoms with E-state index < -0.39 is 11.9 Å². The number of nitrogens with zero attached hydrogens (tertiary/aromatic N) is 3. The summed E-state index contributed by atoms with van der Waals surface area (Å²) in [6, 6.07) is 5.92. The van der Waals surface area contributed by atoms with Crippen LogP contribution in [0.15, 0.2) is 36.7 Å². The van der Waals surface area contributed by atoms with E-state index >= 15 is 0 Å². The summed E-state index contributed by atoms with van der Waals surface area (Å²) in [5.41, 5.74) is 2.32. The molecule has 2 amide bonds. The van der Waals surface area contributed by atoms with Crippen molar-refractivity contribution in [1.29, 1.82) is 0 Å². The van der Waals surface area contributed by atoms with Crippen molar-refractivity contribution < 1.29 is 18.8 Å². The molecule has 7 nitrogen and oxygen atoms in total. The highest BCUT2D eigenvalue weighted by atomic mass is 35.5. The second kappa shape index (κ2) is 8.51. The standard InChI is InChI=1S/C25H24ClFN4O3/c1-13-6-17-18(14(2)32)11-30(22(17)10-28-13)12-23(33)31-20-7-16(20)8-21(31)25(34)29-9-15-4-3-5-19(26)24(15)27/h3-6,10-11,16,20-21H,7-9,12H2,1-2H3,(H,29,34)/t16-,20-,21+/m1/s1. The van der Waals surface area contributed by atoms with Gasteiger partial charge >= 0.3 is 0 Å². The van der Waals surface area contributed by atoms with Gasteiger partial charge in [-0.2, -0.15) is 0 Å². The van der Waals surface area contributed by atoms with Crippen molar-refractivity contribution in [2.45, 2.75) is 51.9 Å². The van der Waals surface area contributed by atoms with E-state index in [0.29, 0.717) is 29.0 Å². The Hall–Kier alpha value is -3.26. The number of carbonyl (C=O) groups is 3. The number of nitrogens with one attached hydrogen (secondary N) is 1. The van der Waals surface area contributed by atoms with Crippen LogP contribution in [0.1, 0.15) is 41.4 Å². The molecule has 3 atom stereocenters. The fraction of sp³-hybridized carbons (Fsp3) is 0.360. The zero-order chi connectivity index (χ0) is 24.1.